The summed E-state index contributed by atoms with van der Waals surface area (Å²) in [5, 5.41) is 18.6. The fourth-order valence-electron chi connectivity index (χ4n) is 6.68. The van der Waals surface area contributed by atoms with Crippen LogP contribution in [0.2, 0.25) is 0 Å². The third-order valence-electron chi connectivity index (χ3n) is 9.69. The lowest BCUT2D eigenvalue weighted by Gasteiger charge is -2.24. The molecule has 0 bridgehead atoms. The molecule has 4 heteroatoms. The van der Waals surface area contributed by atoms with E-state index in [1.807, 2.05) is 0 Å². The predicted octanol–water partition coefficient (Wildman–Crippen LogP) is 11.3. The molecule has 266 valence electrons. The van der Waals surface area contributed by atoms with Crippen molar-refractivity contribution in [3.05, 3.63) is 0 Å². The van der Waals surface area contributed by atoms with Gasteiger partial charge in [0, 0.05) is 13.1 Å². The Morgan fingerprint density at radius 1 is 0.250 bits per heavy atom. The van der Waals surface area contributed by atoms with E-state index in [0.717, 1.165) is 13.0 Å². The average Bonchev–Trinajstić information content (AvgIpc) is 3.03. The molecule has 0 aromatic heterocycles. The maximum absolute atomic E-state index is 9.29. The van der Waals surface area contributed by atoms with Crippen LogP contribution in [0.15, 0.2) is 0 Å². The largest absolute Gasteiger partial charge is 0.395 e. The van der Waals surface area contributed by atoms with E-state index in [9.17, 15) is 10.2 Å². The van der Waals surface area contributed by atoms with E-state index in [1.165, 1.54) is 206 Å². The van der Waals surface area contributed by atoms with Gasteiger partial charge >= 0.3 is 0 Å². The number of unbranched alkanes of at least 4 members (excludes halogenated alkanes) is 27. The van der Waals surface area contributed by atoms with Crippen molar-refractivity contribution in [2.24, 2.45) is 0 Å². The topological polar surface area (TPSA) is 46.9 Å². The minimum Gasteiger partial charge on any atom is -0.395 e. The van der Waals surface area contributed by atoms with Gasteiger partial charge in [0.05, 0.1) is 13.2 Å². The van der Waals surface area contributed by atoms with Gasteiger partial charge in [-0.3, -0.25) is 4.90 Å². The van der Waals surface area contributed by atoms with Gasteiger partial charge in [0.2, 0.25) is 0 Å². The van der Waals surface area contributed by atoms with Crippen molar-refractivity contribution in [1.29, 1.82) is 0 Å². The zero-order valence-electron chi connectivity index (χ0n) is 30.7. The molecule has 0 heterocycles. The molecule has 0 unspecified atom stereocenters. The monoisotopic (exact) mass is 625 g/mol. The summed E-state index contributed by atoms with van der Waals surface area (Å²) in [5.41, 5.74) is 0. The average molecular weight is 625 g/mol. The molecule has 0 aliphatic heterocycles. The normalized spacial score (nSPS) is 11.9. The second-order valence-electron chi connectivity index (χ2n) is 14.0. The molecule has 0 aliphatic carbocycles. The van der Waals surface area contributed by atoms with Crippen molar-refractivity contribution < 1.29 is 10.2 Å². The van der Waals surface area contributed by atoms with Crippen LogP contribution in [0.25, 0.3) is 0 Å². The molecule has 44 heavy (non-hydrogen) atoms. The molecule has 0 saturated heterocycles. The highest BCUT2D eigenvalue weighted by Crippen LogP contribution is 2.15. The molecule has 0 amide bonds. The van der Waals surface area contributed by atoms with E-state index in [-0.39, 0.29) is 13.2 Å². The summed E-state index contributed by atoms with van der Waals surface area (Å²) in [7, 11) is 0. The van der Waals surface area contributed by atoms with Gasteiger partial charge in [0.1, 0.15) is 0 Å². The number of aliphatic hydroxyl groups excluding tert-OH is 2. The Bertz CT molecular complexity index is 466. The Labute approximate surface area is 278 Å². The summed E-state index contributed by atoms with van der Waals surface area (Å²) in [6, 6.07) is 0. The predicted molar refractivity (Wildman–Crippen MR) is 197 cm³/mol. The number of rotatable bonds is 39. The second kappa shape index (κ2) is 39.0. The molecule has 0 spiro atoms. The first-order valence-electron chi connectivity index (χ1n) is 20.4. The van der Waals surface area contributed by atoms with E-state index >= 15 is 0 Å². The summed E-state index contributed by atoms with van der Waals surface area (Å²) in [6.45, 7) is 11.1. The summed E-state index contributed by atoms with van der Waals surface area (Å²) >= 11 is 0. The van der Waals surface area contributed by atoms with E-state index < -0.39 is 0 Å². The highest BCUT2D eigenvalue weighted by Gasteiger charge is 2.07. The third-order valence-corrected chi connectivity index (χ3v) is 9.69. The minimum atomic E-state index is 0.185. The minimum absolute atomic E-state index is 0.185. The van der Waals surface area contributed by atoms with E-state index in [4.69, 9.17) is 0 Å². The maximum atomic E-state index is 9.29. The molecule has 0 fully saturated rings. The highest BCUT2D eigenvalue weighted by molar-refractivity contribution is 4.63. The SMILES string of the molecule is CCCCCCCCCCCCCCCCN(CCCCCCCCCCCCCCCC)CCCCN(CCO)CCO. The summed E-state index contributed by atoms with van der Waals surface area (Å²) < 4.78 is 0. The van der Waals surface area contributed by atoms with E-state index in [1.54, 1.807) is 0 Å². The van der Waals surface area contributed by atoms with Gasteiger partial charge in [-0.05, 0) is 51.9 Å². The van der Waals surface area contributed by atoms with Crippen molar-refractivity contribution in [2.75, 3.05) is 52.5 Å². The van der Waals surface area contributed by atoms with Gasteiger partial charge in [0.15, 0.2) is 0 Å². The number of hydrogen-bond acceptors (Lipinski definition) is 4. The van der Waals surface area contributed by atoms with Crippen LogP contribution in [0, 0.1) is 0 Å². The smallest absolute Gasteiger partial charge is 0.0558 e. The zero-order chi connectivity index (χ0) is 32.0. The number of aliphatic hydroxyl groups is 2. The summed E-state index contributed by atoms with van der Waals surface area (Å²) in [4.78, 5) is 4.95. The lowest BCUT2D eigenvalue weighted by Crippen LogP contribution is -2.32. The first-order valence-corrected chi connectivity index (χ1v) is 20.4. The molecule has 0 rings (SSSR count). The van der Waals surface area contributed by atoms with E-state index in [0.29, 0.717) is 13.1 Å². The Balaban J connectivity index is 3.97. The number of hydrogen-bond donors (Lipinski definition) is 2. The van der Waals surface area contributed by atoms with Crippen LogP contribution in [0.1, 0.15) is 206 Å². The maximum Gasteiger partial charge on any atom is 0.0558 e. The molecule has 0 atom stereocenters. The van der Waals surface area contributed by atoms with Gasteiger partial charge < -0.3 is 15.1 Å². The van der Waals surface area contributed by atoms with Gasteiger partial charge in [-0.1, -0.05) is 181 Å². The molecule has 0 aromatic rings. The zero-order valence-corrected chi connectivity index (χ0v) is 30.7. The van der Waals surface area contributed by atoms with Crippen LogP contribution in [-0.4, -0.2) is 72.5 Å². The summed E-state index contributed by atoms with van der Waals surface area (Å²) in [6.07, 6.45) is 42.4. The standard InChI is InChI=1S/C40H84N2O2/c1-3-5-7-9-11-13-15-17-19-21-23-25-27-29-33-41(35-31-32-36-42(37-39-43)38-40-44)34-30-28-26-24-22-20-18-16-14-12-10-8-6-4-2/h43-44H,3-40H2,1-2H3. The van der Waals surface area contributed by atoms with Crippen LogP contribution in [0.3, 0.4) is 0 Å². The molecular weight excluding hydrogens is 540 g/mol. The van der Waals surface area contributed by atoms with Crippen LogP contribution >= 0.6 is 0 Å². The third kappa shape index (κ3) is 34.7. The van der Waals surface area contributed by atoms with Crippen LogP contribution in [-0.2, 0) is 0 Å². The quantitative estimate of drug-likeness (QED) is 0.0668. The molecule has 0 saturated carbocycles. The fourth-order valence-corrected chi connectivity index (χ4v) is 6.68. The second-order valence-corrected chi connectivity index (χ2v) is 14.0. The van der Waals surface area contributed by atoms with Gasteiger partial charge in [-0.2, -0.15) is 0 Å². The van der Waals surface area contributed by atoms with Crippen molar-refractivity contribution in [3.8, 4) is 0 Å². The molecule has 2 N–H and O–H groups in total. The molecule has 0 aromatic carbocycles. The van der Waals surface area contributed by atoms with Crippen LogP contribution in [0.4, 0.5) is 0 Å². The van der Waals surface area contributed by atoms with Gasteiger partial charge in [-0.15, -0.1) is 0 Å². The molecule has 4 nitrogen and oxygen atoms in total. The van der Waals surface area contributed by atoms with Crippen LogP contribution in [0.5, 0.6) is 0 Å². The van der Waals surface area contributed by atoms with Gasteiger partial charge in [0.25, 0.3) is 0 Å². The molecular formula is C40H84N2O2. The first kappa shape index (κ1) is 43.8. The number of nitrogens with zero attached hydrogens (tertiary/aromatic N) is 2. The molecule has 0 radical (unpaired) electrons. The van der Waals surface area contributed by atoms with Gasteiger partial charge in [-0.25, -0.2) is 0 Å². The Morgan fingerprint density at radius 2 is 0.432 bits per heavy atom. The Hall–Kier alpha value is -0.160. The summed E-state index contributed by atoms with van der Waals surface area (Å²) in [5.74, 6) is 0. The Kier molecular flexibility index (Phi) is 38.9. The van der Waals surface area contributed by atoms with Crippen LogP contribution < -0.4 is 0 Å². The van der Waals surface area contributed by atoms with Crippen molar-refractivity contribution in [3.63, 3.8) is 0 Å². The first-order chi connectivity index (χ1) is 21.8. The lowest BCUT2D eigenvalue weighted by molar-refractivity contribution is 0.157. The Morgan fingerprint density at radius 3 is 0.659 bits per heavy atom. The van der Waals surface area contributed by atoms with Crippen molar-refractivity contribution >= 4 is 0 Å². The lowest BCUT2D eigenvalue weighted by atomic mass is 10.0. The van der Waals surface area contributed by atoms with E-state index in [2.05, 4.69) is 23.6 Å². The fraction of sp³-hybridized carbons (Fsp3) is 1.00. The van der Waals surface area contributed by atoms with Crippen molar-refractivity contribution in [2.45, 2.75) is 206 Å². The molecule has 0 aliphatic rings. The van der Waals surface area contributed by atoms with Crippen molar-refractivity contribution in [1.82, 2.24) is 9.80 Å². The highest BCUT2D eigenvalue weighted by atomic mass is 16.3.